The van der Waals surface area contributed by atoms with Crippen LogP contribution >= 0.6 is 22.7 Å². The summed E-state index contributed by atoms with van der Waals surface area (Å²) in [4.78, 5) is 21.5. The second kappa shape index (κ2) is 8.23. The molecule has 4 nitrogen and oxygen atoms in total. The zero-order chi connectivity index (χ0) is 20.4. The molecular formula is C22H18FN3OS2. The molecule has 2 aromatic heterocycles. The molecule has 4 rings (SSSR count). The third-order valence-electron chi connectivity index (χ3n) is 4.40. The van der Waals surface area contributed by atoms with E-state index in [-0.39, 0.29) is 18.1 Å². The minimum Gasteiger partial charge on any atom is -0.302 e. The molecule has 0 aliphatic rings. The van der Waals surface area contributed by atoms with Crippen molar-refractivity contribution in [2.24, 2.45) is 0 Å². The molecule has 4 aromatic rings. The van der Waals surface area contributed by atoms with Crippen molar-refractivity contribution in [1.29, 1.82) is 0 Å². The van der Waals surface area contributed by atoms with Crippen LogP contribution in [-0.2, 0) is 11.2 Å². The van der Waals surface area contributed by atoms with Gasteiger partial charge in [-0.1, -0.05) is 17.7 Å². The first-order valence-corrected chi connectivity index (χ1v) is 10.8. The van der Waals surface area contributed by atoms with E-state index < -0.39 is 0 Å². The first-order chi connectivity index (χ1) is 14.0. The van der Waals surface area contributed by atoms with Crippen molar-refractivity contribution in [3.63, 3.8) is 0 Å². The number of aryl methyl sites for hydroxylation is 2. The van der Waals surface area contributed by atoms with Gasteiger partial charge in [-0.3, -0.25) is 4.79 Å². The number of hydrogen-bond acceptors (Lipinski definition) is 5. The number of aromatic nitrogens is 2. The van der Waals surface area contributed by atoms with Gasteiger partial charge in [0.1, 0.15) is 10.8 Å². The molecule has 0 aliphatic carbocycles. The van der Waals surface area contributed by atoms with Crippen LogP contribution in [0.1, 0.15) is 16.8 Å². The Labute approximate surface area is 176 Å². The van der Waals surface area contributed by atoms with E-state index in [0.717, 1.165) is 27.4 Å². The molecule has 0 fully saturated rings. The van der Waals surface area contributed by atoms with E-state index in [1.165, 1.54) is 40.4 Å². The molecule has 29 heavy (non-hydrogen) atoms. The van der Waals surface area contributed by atoms with Gasteiger partial charge in [0, 0.05) is 21.9 Å². The van der Waals surface area contributed by atoms with E-state index in [4.69, 9.17) is 0 Å². The Morgan fingerprint density at radius 3 is 2.62 bits per heavy atom. The molecule has 0 atom stereocenters. The van der Waals surface area contributed by atoms with Crippen molar-refractivity contribution in [2.45, 2.75) is 20.3 Å². The van der Waals surface area contributed by atoms with E-state index in [2.05, 4.69) is 33.5 Å². The molecular weight excluding hydrogens is 405 g/mol. The molecule has 146 valence electrons. The van der Waals surface area contributed by atoms with Gasteiger partial charge in [-0.25, -0.2) is 14.4 Å². The van der Waals surface area contributed by atoms with Crippen molar-refractivity contribution in [3.8, 4) is 21.8 Å². The predicted molar refractivity (Wildman–Crippen MR) is 117 cm³/mol. The largest absolute Gasteiger partial charge is 0.302 e. The molecule has 0 saturated carbocycles. The van der Waals surface area contributed by atoms with Crippen LogP contribution in [0.2, 0.25) is 0 Å². The Morgan fingerprint density at radius 1 is 1.03 bits per heavy atom. The summed E-state index contributed by atoms with van der Waals surface area (Å²) < 4.78 is 13.1. The van der Waals surface area contributed by atoms with E-state index in [1.807, 2.05) is 24.6 Å². The fraction of sp³-hybridized carbons (Fsp3) is 0.136. The minimum atomic E-state index is -0.284. The van der Waals surface area contributed by atoms with E-state index in [0.29, 0.717) is 10.8 Å². The highest BCUT2D eigenvalue weighted by molar-refractivity contribution is 7.14. The second-order valence-corrected chi connectivity index (χ2v) is 8.45. The van der Waals surface area contributed by atoms with Crippen LogP contribution in [0.3, 0.4) is 0 Å². The molecule has 0 unspecified atom stereocenters. The number of carbonyl (C=O) groups excluding carboxylic acids is 1. The number of anilines is 1. The average molecular weight is 424 g/mol. The maximum atomic E-state index is 13.1. The molecule has 7 heteroatoms. The predicted octanol–water partition coefficient (Wildman–Crippen LogP) is 5.87. The van der Waals surface area contributed by atoms with E-state index in [1.54, 1.807) is 12.1 Å². The number of nitrogens with one attached hydrogen (secondary N) is 1. The highest BCUT2D eigenvalue weighted by Gasteiger charge is 2.13. The second-order valence-electron chi connectivity index (χ2n) is 6.73. The van der Waals surface area contributed by atoms with Crippen LogP contribution in [0.4, 0.5) is 9.52 Å². The third kappa shape index (κ3) is 4.58. The van der Waals surface area contributed by atoms with Crippen molar-refractivity contribution in [1.82, 2.24) is 9.97 Å². The highest BCUT2D eigenvalue weighted by Crippen LogP contribution is 2.28. The summed E-state index contributed by atoms with van der Waals surface area (Å²) in [6, 6.07) is 12.4. The lowest BCUT2D eigenvalue weighted by Gasteiger charge is -2.04. The number of thiazole rings is 2. The molecule has 0 aliphatic heterocycles. The van der Waals surface area contributed by atoms with Crippen molar-refractivity contribution >= 4 is 33.7 Å². The van der Waals surface area contributed by atoms with Crippen LogP contribution < -0.4 is 5.32 Å². The number of halogens is 1. The number of nitrogens with zero attached hydrogens (tertiary/aromatic N) is 2. The molecule has 1 N–H and O–H groups in total. The lowest BCUT2D eigenvalue weighted by Crippen LogP contribution is -2.14. The lowest BCUT2D eigenvalue weighted by atomic mass is 10.0. The van der Waals surface area contributed by atoms with Gasteiger partial charge in [0.25, 0.3) is 0 Å². The molecule has 0 saturated heterocycles. The summed E-state index contributed by atoms with van der Waals surface area (Å²) in [5.41, 5.74) is 5.77. The Hall–Kier alpha value is -2.90. The van der Waals surface area contributed by atoms with Gasteiger partial charge in [-0.15, -0.1) is 22.7 Å². The van der Waals surface area contributed by atoms with Crippen LogP contribution in [0.5, 0.6) is 0 Å². The number of rotatable bonds is 5. The molecule has 1 amide bonds. The van der Waals surface area contributed by atoms with Crippen molar-refractivity contribution in [2.75, 3.05) is 5.32 Å². The Bertz CT molecular complexity index is 1170. The normalized spacial score (nSPS) is 10.9. The van der Waals surface area contributed by atoms with E-state index >= 15 is 0 Å². The fourth-order valence-electron chi connectivity index (χ4n) is 2.91. The van der Waals surface area contributed by atoms with Gasteiger partial charge in [0.2, 0.25) is 5.91 Å². The summed E-state index contributed by atoms with van der Waals surface area (Å²) in [6.07, 6.45) is 0.163. The maximum Gasteiger partial charge on any atom is 0.232 e. The van der Waals surface area contributed by atoms with Crippen LogP contribution in [0, 0.1) is 19.7 Å². The summed E-state index contributed by atoms with van der Waals surface area (Å²) in [7, 11) is 0. The summed E-state index contributed by atoms with van der Waals surface area (Å²) in [5, 5.41) is 7.99. The monoisotopic (exact) mass is 423 g/mol. The maximum absolute atomic E-state index is 13.1. The van der Waals surface area contributed by atoms with Gasteiger partial charge < -0.3 is 5.32 Å². The number of hydrogen-bond donors (Lipinski definition) is 1. The van der Waals surface area contributed by atoms with Gasteiger partial charge >= 0.3 is 0 Å². The summed E-state index contributed by atoms with van der Waals surface area (Å²) in [6.45, 7) is 4.10. The van der Waals surface area contributed by atoms with Crippen LogP contribution in [-0.4, -0.2) is 15.9 Å². The Balaban J connectivity index is 1.42. The zero-order valence-electron chi connectivity index (χ0n) is 15.9. The number of carbonyl (C=O) groups is 1. The number of benzene rings is 2. The number of amides is 1. The molecule has 0 radical (unpaired) electrons. The topological polar surface area (TPSA) is 54.9 Å². The first-order valence-electron chi connectivity index (χ1n) is 9.01. The van der Waals surface area contributed by atoms with Crippen molar-refractivity contribution in [3.05, 3.63) is 75.9 Å². The highest BCUT2D eigenvalue weighted by atomic mass is 32.1. The van der Waals surface area contributed by atoms with Gasteiger partial charge in [0.05, 0.1) is 17.8 Å². The van der Waals surface area contributed by atoms with E-state index in [9.17, 15) is 9.18 Å². The third-order valence-corrected chi connectivity index (χ3v) is 6.10. The quantitative estimate of drug-likeness (QED) is 0.437. The van der Waals surface area contributed by atoms with Gasteiger partial charge in [0.15, 0.2) is 5.13 Å². The van der Waals surface area contributed by atoms with Gasteiger partial charge in [-0.2, -0.15) is 0 Å². The lowest BCUT2D eigenvalue weighted by molar-refractivity contribution is -0.115. The smallest absolute Gasteiger partial charge is 0.232 e. The average Bonchev–Trinajstić information content (AvgIpc) is 3.34. The van der Waals surface area contributed by atoms with Gasteiger partial charge in [-0.05, 0) is 49.7 Å². The Kier molecular flexibility index (Phi) is 5.51. The first kappa shape index (κ1) is 19.4. The molecule has 2 aromatic carbocycles. The molecule has 0 spiro atoms. The molecule has 2 heterocycles. The standard InChI is InChI=1S/C22H18FN3OS2/c1-13-3-4-14(2)18(9-13)19-12-29-22(25-19)26-20(27)10-17-11-28-21(24-17)15-5-7-16(23)8-6-15/h3-9,11-12H,10H2,1-2H3,(H,25,26,27). The van der Waals surface area contributed by atoms with Crippen molar-refractivity contribution < 1.29 is 9.18 Å². The summed E-state index contributed by atoms with van der Waals surface area (Å²) >= 11 is 2.84. The Morgan fingerprint density at radius 2 is 1.83 bits per heavy atom. The van der Waals surface area contributed by atoms with Crippen LogP contribution in [0.25, 0.3) is 21.8 Å². The van der Waals surface area contributed by atoms with Crippen LogP contribution in [0.15, 0.2) is 53.2 Å². The molecule has 0 bridgehead atoms. The SMILES string of the molecule is Cc1ccc(C)c(-c2csc(NC(=O)Cc3csc(-c4ccc(F)cc4)n3)n2)c1. The minimum absolute atomic E-state index is 0.163. The fourth-order valence-corrected chi connectivity index (χ4v) is 4.46. The zero-order valence-corrected chi connectivity index (χ0v) is 17.5. The summed E-state index contributed by atoms with van der Waals surface area (Å²) in [5.74, 6) is -0.448.